The van der Waals surface area contributed by atoms with E-state index < -0.39 is 11.9 Å². The molecule has 0 saturated carbocycles. The molecule has 0 fully saturated rings. The first-order valence-corrected chi connectivity index (χ1v) is 7.08. The lowest BCUT2D eigenvalue weighted by atomic mass is 10.2. The Balaban J connectivity index is 2.31. The van der Waals surface area contributed by atoms with Gasteiger partial charge in [-0.25, -0.2) is 9.78 Å². The van der Waals surface area contributed by atoms with Crippen LogP contribution in [-0.2, 0) is 0 Å². The number of nitrogens with zero attached hydrogens (tertiary/aromatic N) is 1. The molecule has 8 heteroatoms. The summed E-state index contributed by atoms with van der Waals surface area (Å²) in [4.78, 5) is 26.9. The predicted octanol–water partition coefficient (Wildman–Crippen LogP) is 4.10. The number of carbonyl (C=O) groups is 2. The fourth-order valence-electron chi connectivity index (χ4n) is 1.57. The Morgan fingerprint density at radius 3 is 2.57 bits per heavy atom. The number of hydrogen-bond acceptors (Lipinski definition) is 3. The van der Waals surface area contributed by atoms with Crippen LogP contribution in [0.2, 0.25) is 10.2 Å². The van der Waals surface area contributed by atoms with E-state index in [4.69, 9.17) is 28.3 Å². The molecular formula is C13H7BrCl2N2O3. The molecule has 2 aromatic rings. The molecule has 0 radical (unpaired) electrons. The number of halogens is 3. The first-order chi connectivity index (χ1) is 9.86. The Morgan fingerprint density at radius 1 is 1.19 bits per heavy atom. The molecule has 5 nitrogen and oxygen atoms in total. The summed E-state index contributed by atoms with van der Waals surface area (Å²) in [5.74, 6) is -1.66. The molecule has 1 heterocycles. The SMILES string of the molecule is O=C(O)c1cc(Cl)cc(NC(=O)c2cc(Br)cnc2Cl)c1. The van der Waals surface area contributed by atoms with Crippen LogP contribution >= 0.6 is 39.1 Å². The molecule has 0 saturated heterocycles. The summed E-state index contributed by atoms with van der Waals surface area (Å²) in [5, 5.41) is 11.7. The van der Waals surface area contributed by atoms with Crippen molar-refractivity contribution in [3.63, 3.8) is 0 Å². The van der Waals surface area contributed by atoms with Gasteiger partial charge in [-0.1, -0.05) is 23.2 Å². The molecule has 1 amide bonds. The number of benzene rings is 1. The first-order valence-electron chi connectivity index (χ1n) is 5.53. The second-order valence-electron chi connectivity index (χ2n) is 3.98. The van der Waals surface area contributed by atoms with Gasteiger partial charge >= 0.3 is 5.97 Å². The second kappa shape index (κ2) is 6.43. The first kappa shape index (κ1) is 15.8. The molecule has 0 aliphatic carbocycles. The Hall–Kier alpha value is -1.63. The summed E-state index contributed by atoms with van der Waals surface area (Å²) in [6.45, 7) is 0. The highest BCUT2D eigenvalue weighted by Gasteiger charge is 2.14. The van der Waals surface area contributed by atoms with Gasteiger partial charge < -0.3 is 10.4 Å². The van der Waals surface area contributed by atoms with Crippen molar-refractivity contribution in [3.05, 3.63) is 56.2 Å². The van der Waals surface area contributed by atoms with Crippen molar-refractivity contribution < 1.29 is 14.7 Å². The molecule has 0 atom stereocenters. The quantitative estimate of drug-likeness (QED) is 0.774. The number of aromatic carboxylic acids is 1. The van der Waals surface area contributed by atoms with Crippen LogP contribution in [0.5, 0.6) is 0 Å². The summed E-state index contributed by atoms with van der Waals surface area (Å²) in [7, 11) is 0. The Bertz CT molecular complexity index is 737. The van der Waals surface area contributed by atoms with Crippen molar-refractivity contribution in [3.8, 4) is 0 Å². The summed E-state index contributed by atoms with van der Waals surface area (Å²) in [5.41, 5.74) is 0.375. The van der Waals surface area contributed by atoms with Crippen molar-refractivity contribution >= 4 is 56.7 Å². The lowest BCUT2D eigenvalue weighted by Gasteiger charge is -2.08. The number of nitrogens with one attached hydrogen (secondary N) is 1. The zero-order valence-corrected chi connectivity index (χ0v) is 13.3. The maximum absolute atomic E-state index is 12.1. The minimum Gasteiger partial charge on any atom is -0.478 e. The van der Waals surface area contributed by atoms with E-state index in [0.717, 1.165) is 0 Å². The van der Waals surface area contributed by atoms with Gasteiger partial charge in [-0.3, -0.25) is 4.79 Å². The number of aromatic nitrogens is 1. The van der Waals surface area contributed by atoms with Gasteiger partial charge in [0.2, 0.25) is 0 Å². The Labute approximate surface area is 138 Å². The standard InChI is InChI=1S/C13H7BrCl2N2O3/c14-7-3-10(11(16)17-5-7)12(19)18-9-2-6(13(20)21)1-8(15)4-9/h1-5H,(H,18,19)(H,20,21). The van der Waals surface area contributed by atoms with Crippen LogP contribution in [0.25, 0.3) is 0 Å². The van der Waals surface area contributed by atoms with Crippen LogP contribution in [0, 0.1) is 0 Å². The monoisotopic (exact) mass is 388 g/mol. The van der Waals surface area contributed by atoms with Crippen LogP contribution in [0.1, 0.15) is 20.7 Å². The van der Waals surface area contributed by atoms with Gasteiger partial charge in [-0.2, -0.15) is 0 Å². The number of amides is 1. The molecule has 2 N–H and O–H groups in total. The van der Waals surface area contributed by atoms with Crippen molar-refractivity contribution in [2.75, 3.05) is 5.32 Å². The lowest BCUT2D eigenvalue weighted by molar-refractivity contribution is 0.0696. The zero-order valence-electron chi connectivity index (χ0n) is 10.2. The topological polar surface area (TPSA) is 79.3 Å². The van der Waals surface area contributed by atoms with Crippen molar-refractivity contribution in [2.24, 2.45) is 0 Å². The zero-order chi connectivity index (χ0) is 15.6. The van der Waals surface area contributed by atoms with Gasteiger partial charge in [0.05, 0.1) is 11.1 Å². The highest BCUT2D eigenvalue weighted by atomic mass is 79.9. The van der Waals surface area contributed by atoms with E-state index in [2.05, 4.69) is 26.2 Å². The predicted molar refractivity (Wildman–Crippen MR) is 83.3 cm³/mol. The van der Waals surface area contributed by atoms with Crippen molar-refractivity contribution in [2.45, 2.75) is 0 Å². The number of hydrogen-bond donors (Lipinski definition) is 2. The highest BCUT2D eigenvalue weighted by molar-refractivity contribution is 9.10. The maximum atomic E-state index is 12.1. The fraction of sp³-hybridized carbons (Fsp3) is 0. The fourth-order valence-corrected chi connectivity index (χ4v) is 2.32. The third-order valence-electron chi connectivity index (χ3n) is 2.45. The smallest absolute Gasteiger partial charge is 0.335 e. The van der Waals surface area contributed by atoms with Crippen LogP contribution < -0.4 is 5.32 Å². The van der Waals surface area contributed by atoms with E-state index in [1.807, 2.05) is 0 Å². The normalized spacial score (nSPS) is 10.2. The van der Waals surface area contributed by atoms with E-state index in [1.54, 1.807) is 0 Å². The number of pyridine rings is 1. The van der Waals surface area contributed by atoms with Gasteiger partial charge in [0.25, 0.3) is 5.91 Å². The molecule has 21 heavy (non-hydrogen) atoms. The van der Waals surface area contributed by atoms with E-state index in [-0.39, 0.29) is 27.0 Å². The Kier molecular flexibility index (Phi) is 4.82. The largest absolute Gasteiger partial charge is 0.478 e. The highest BCUT2D eigenvalue weighted by Crippen LogP contribution is 2.22. The molecule has 108 valence electrons. The second-order valence-corrected chi connectivity index (χ2v) is 5.69. The van der Waals surface area contributed by atoms with Crippen LogP contribution in [0.15, 0.2) is 34.9 Å². The molecule has 0 unspecified atom stereocenters. The molecular weight excluding hydrogens is 383 g/mol. The average Bonchev–Trinajstić information content (AvgIpc) is 2.40. The van der Waals surface area contributed by atoms with Gasteiger partial charge in [0.15, 0.2) is 0 Å². The number of carbonyl (C=O) groups excluding carboxylic acids is 1. The van der Waals surface area contributed by atoms with E-state index in [9.17, 15) is 9.59 Å². The summed E-state index contributed by atoms with van der Waals surface area (Å²) in [6.07, 6.45) is 1.46. The number of rotatable bonds is 3. The summed E-state index contributed by atoms with van der Waals surface area (Å²) in [6, 6.07) is 5.52. The summed E-state index contributed by atoms with van der Waals surface area (Å²) < 4.78 is 0.592. The van der Waals surface area contributed by atoms with Crippen molar-refractivity contribution in [1.82, 2.24) is 4.98 Å². The van der Waals surface area contributed by atoms with Crippen molar-refractivity contribution in [1.29, 1.82) is 0 Å². The number of anilines is 1. The molecule has 1 aromatic heterocycles. The van der Waals surface area contributed by atoms with Crippen LogP contribution in [0.4, 0.5) is 5.69 Å². The Morgan fingerprint density at radius 2 is 1.90 bits per heavy atom. The summed E-state index contributed by atoms with van der Waals surface area (Å²) >= 11 is 14.9. The molecule has 0 aliphatic rings. The van der Waals surface area contributed by atoms with Gasteiger partial charge in [0.1, 0.15) is 5.15 Å². The average molecular weight is 390 g/mol. The van der Waals surface area contributed by atoms with Gasteiger partial charge in [0, 0.05) is 21.4 Å². The number of carboxylic acid groups (broad SMARTS) is 1. The minimum absolute atomic E-state index is 0.0312. The molecule has 0 spiro atoms. The third-order valence-corrected chi connectivity index (χ3v) is 3.41. The number of carboxylic acids is 1. The van der Waals surface area contributed by atoms with E-state index >= 15 is 0 Å². The molecule has 0 bridgehead atoms. The van der Waals surface area contributed by atoms with Gasteiger partial charge in [-0.15, -0.1) is 0 Å². The van der Waals surface area contributed by atoms with Crippen LogP contribution in [-0.4, -0.2) is 22.0 Å². The maximum Gasteiger partial charge on any atom is 0.335 e. The molecule has 1 aromatic carbocycles. The minimum atomic E-state index is -1.14. The molecule has 2 rings (SSSR count). The molecule has 0 aliphatic heterocycles. The lowest BCUT2D eigenvalue weighted by Crippen LogP contribution is -2.13. The van der Waals surface area contributed by atoms with E-state index in [1.165, 1.54) is 30.5 Å². The van der Waals surface area contributed by atoms with E-state index in [0.29, 0.717) is 4.47 Å². The van der Waals surface area contributed by atoms with Gasteiger partial charge in [-0.05, 0) is 40.2 Å². The van der Waals surface area contributed by atoms with Crippen LogP contribution in [0.3, 0.4) is 0 Å². The third kappa shape index (κ3) is 3.93.